The van der Waals surface area contributed by atoms with E-state index in [-0.39, 0.29) is 11.5 Å². The van der Waals surface area contributed by atoms with Gasteiger partial charge in [-0.15, -0.1) is 0 Å². The summed E-state index contributed by atoms with van der Waals surface area (Å²) in [7, 11) is 0. The minimum Gasteiger partial charge on any atom is -0.493 e. The smallest absolute Gasteiger partial charge is 0.490 e. The van der Waals surface area contributed by atoms with Crippen LogP contribution < -0.4 is 4.74 Å². The lowest BCUT2D eigenvalue weighted by molar-refractivity contribution is -0.192. The van der Waals surface area contributed by atoms with Gasteiger partial charge in [0.15, 0.2) is 0 Å². The summed E-state index contributed by atoms with van der Waals surface area (Å²) >= 11 is 0. The number of ether oxygens (including phenoxy) is 3. The molecule has 1 amide bonds. The van der Waals surface area contributed by atoms with E-state index in [2.05, 4.69) is 11.1 Å². The number of alkyl halides is 3. The quantitative estimate of drug-likeness (QED) is 0.621. The van der Waals surface area contributed by atoms with E-state index < -0.39 is 12.1 Å². The maximum atomic E-state index is 12.8. The van der Waals surface area contributed by atoms with Crippen LogP contribution in [-0.2, 0) is 38.5 Å². The van der Waals surface area contributed by atoms with Gasteiger partial charge in [0, 0.05) is 24.9 Å². The highest BCUT2D eigenvalue weighted by atomic mass is 19.4. The minimum absolute atomic E-state index is 0.171. The fourth-order valence-electron chi connectivity index (χ4n) is 4.75. The molecule has 1 spiro atoms. The summed E-state index contributed by atoms with van der Waals surface area (Å²) in [5.41, 5.74) is 3.18. The minimum atomic E-state index is -5.08. The molecule has 1 unspecified atom stereocenters. The molecule has 2 saturated heterocycles. The normalized spacial score (nSPS) is 19.8. The number of rotatable bonds is 6. The number of aliphatic carboxylic acids is 1. The largest absolute Gasteiger partial charge is 0.493 e. The Balaban J connectivity index is 0.000000405. The van der Waals surface area contributed by atoms with Crippen molar-refractivity contribution >= 4 is 11.9 Å². The zero-order valence-corrected chi connectivity index (χ0v) is 20.2. The second-order valence-corrected chi connectivity index (χ2v) is 9.39. The Bertz CT molecular complexity index is 1090. The first-order valence-electron chi connectivity index (χ1n) is 12.1. The van der Waals surface area contributed by atoms with Crippen molar-refractivity contribution in [2.75, 3.05) is 32.9 Å². The third-order valence-electron chi connectivity index (χ3n) is 6.78. The predicted molar refractivity (Wildman–Crippen MR) is 125 cm³/mol. The zero-order chi connectivity index (χ0) is 26.5. The summed E-state index contributed by atoms with van der Waals surface area (Å²) in [6.45, 7) is 4.12. The van der Waals surface area contributed by atoms with E-state index in [9.17, 15) is 18.0 Å². The van der Waals surface area contributed by atoms with E-state index >= 15 is 0 Å². The van der Waals surface area contributed by atoms with Crippen LogP contribution in [-0.4, -0.2) is 71.6 Å². The highest BCUT2D eigenvalue weighted by molar-refractivity contribution is 5.80. The fraction of sp³-hybridized carbons (Fsp3) is 0.500. The first kappa shape index (κ1) is 26.9. The van der Waals surface area contributed by atoms with Gasteiger partial charge in [0.1, 0.15) is 11.4 Å². The van der Waals surface area contributed by atoms with E-state index in [1.807, 2.05) is 29.2 Å². The number of pyridine rings is 1. The number of hydrogen-bond acceptors (Lipinski definition) is 6. The molecule has 8 nitrogen and oxygen atoms in total. The van der Waals surface area contributed by atoms with Gasteiger partial charge in [0.25, 0.3) is 0 Å². The van der Waals surface area contributed by atoms with Gasteiger partial charge in [-0.2, -0.15) is 13.2 Å². The van der Waals surface area contributed by atoms with Gasteiger partial charge in [-0.25, -0.2) is 4.79 Å². The van der Waals surface area contributed by atoms with Crippen LogP contribution in [0.5, 0.6) is 5.75 Å². The molecular weight excluding hydrogens is 493 g/mol. The average Bonchev–Trinajstić information content (AvgIpc) is 3.27. The van der Waals surface area contributed by atoms with Gasteiger partial charge >= 0.3 is 12.1 Å². The monoisotopic (exact) mass is 522 g/mol. The molecule has 200 valence electrons. The first-order chi connectivity index (χ1) is 17.7. The molecule has 1 N–H and O–H groups in total. The van der Waals surface area contributed by atoms with Crippen LogP contribution >= 0.6 is 0 Å². The van der Waals surface area contributed by atoms with Gasteiger partial charge in [-0.05, 0) is 54.2 Å². The maximum Gasteiger partial charge on any atom is 0.490 e. The number of carbonyl (C=O) groups is 2. The van der Waals surface area contributed by atoms with Crippen LogP contribution in [0.15, 0.2) is 42.7 Å². The Hall–Kier alpha value is -3.18. The SMILES string of the molecule is O=C(Cc1ccc2c(c1)CCCO2)N1CC2(C1)OCCC2COCc1ccncc1.O=C(O)C(F)(F)F. The van der Waals surface area contributed by atoms with Crippen molar-refractivity contribution in [3.8, 4) is 5.75 Å². The Labute approximate surface area is 212 Å². The van der Waals surface area contributed by atoms with Crippen LogP contribution in [0.1, 0.15) is 29.5 Å². The van der Waals surface area contributed by atoms with Gasteiger partial charge in [-0.3, -0.25) is 9.78 Å². The van der Waals surface area contributed by atoms with E-state index in [1.165, 1.54) is 5.56 Å². The van der Waals surface area contributed by atoms with Crippen molar-refractivity contribution in [3.05, 3.63) is 59.4 Å². The van der Waals surface area contributed by atoms with Crippen LogP contribution in [0.2, 0.25) is 0 Å². The average molecular weight is 523 g/mol. The molecule has 3 aliphatic heterocycles. The van der Waals surface area contributed by atoms with Crippen molar-refractivity contribution in [2.24, 2.45) is 5.92 Å². The molecule has 2 fully saturated rings. The molecule has 4 heterocycles. The summed E-state index contributed by atoms with van der Waals surface area (Å²) in [4.78, 5) is 27.7. The topological polar surface area (TPSA) is 98.2 Å². The maximum absolute atomic E-state index is 12.8. The van der Waals surface area contributed by atoms with E-state index in [0.717, 1.165) is 49.4 Å². The number of fused-ring (bicyclic) bond motifs is 1. The van der Waals surface area contributed by atoms with Gasteiger partial charge in [-0.1, -0.05) is 12.1 Å². The molecule has 0 aliphatic carbocycles. The lowest BCUT2D eigenvalue weighted by Crippen LogP contribution is -2.66. The molecule has 1 aromatic heterocycles. The fourth-order valence-corrected chi connectivity index (χ4v) is 4.75. The molecule has 0 saturated carbocycles. The lowest BCUT2D eigenvalue weighted by atomic mass is 9.81. The molecule has 11 heteroatoms. The summed E-state index contributed by atoms with van der Waals surface area (Å²) in [6.07, 6.45) is 1.98. The second-order valence-electron chi connectivity index (χ2n) is 9.39. The van der Waals surface area contributed by atoms with Crippen molar-refractivity contribution in [1.29, 1.82) is 0 Å². The molecule has 1 aromatic carbocycles. The van der Waals surface area contributed by atoms with Gasteiger partial charge in [0.2, 0.25) is 5.91 Å². The molecule has 37 heavy (non-hydrogen) atoms. The molecular formula is C26H29F3N2O6. The van der Waals surface area contributed by atoms with Crippen molar-refractivity contribution in [3.63, 3.8) is 0 Å². The van der Waals surface area contributed by atoms with Crippen LogP contribution in [0, 0.1) is 5.92 Å². The number of nitrogens with zero attached hydrogens (tertiary/aromatic N) is 2. The third-order valence-corrected chi connectivity index (χ3v) is 6.78. The summed E-state index contributed by atoms with van der Waals surface area (Å²) in [6, 6.07) is 10.1. The molecule has 0 bridgehead atoms. The summed E-state index contributed by atoms with van der Waals surface area (Å²) in [5.74, 6) is -1.28. The lowest BCUT2D eigenvalue weighted by Gasteiger charge is -2.50. The molecule has 5 rings (SSSR count). The van der Waals surface area contributed by atoms with E-state index in [4.69, 9.17) is 24.1 Å². The number of carbonyl (C=O) groups excluding carboxylic acids is 1. The Morgan fingerprint density at radius 3 is 2.57 bits per heavy atom. The number of carboxylic acid groups (broad SMARTS) is 1. The van der Waals surface area contributed by atoms with Crippen molar-refractivity contribution < 1.29 is 42.1 Å². The number of carboxylic acids is 1. The van der Waals surface area contributed by atoms with Crippen molar-refractivity contribution in [2.45, 2.75) is 44.1 Å². The molecule has 1 atom stereocenters. The number of aromatic nitrogens is 1. The Morgan fingerprint density at radius 1 is 1.14 bits per heavy atom. The molecule has 0 radical (unpaired) electrons. The van der Waals surface area contributed by atoms with E-state index in [0.29, 0.717) is 38.6 Å². The number of amides is 1. The van der Waals surface area contributed by atoms with Crippen molar-refractivity contribution in [1.82, 2.24) is 9.88 Å². The molecule has 3 aliphatic rings. The number of aryl methyl sites for hydroxylation is 1. The molecule has 2 aromatic rings. The highest BCUT2D eigenvalue weighted by Crippen LogP contribution is 2.40. The Kier molecular flexibility index (Phi) is 8.33. The zero-order valence-electron chi connectivity index (χ0n) is 20.2. The van der Waals surface area contributed by atoms with E-state index in [1.54, 1.807) is 12.4 Å². The van der Waals surface area contributed by atoms with Gasteiger partial charge < -0.3 is 24.2 Å². The van der Waals surface area contributed by atoms with Gasteiger partial charge in [0.05, 0.1) is 39.3 Å². The third kappa shape index (κ3) is 6.78. The Morgan fingerprint density at radius 2 is 1.86 bits per heavy atom. The first-order valence-corrected chi connectivity index (χ1v) is 12.1. The van der Waals surface area contributed by atoms with Crippen LogP contribution in [0.25, 0.3) is 0 Å². The standard InChI is InChI=1S/C24H28N2O4.C2HF3O2/c27-23(13-19-3-4-22-20(12-19)2-1-10-29-22)26-16-24(17-26)21(7-11-30-24)15-28-14-18-5-8-25-9-6-18;3-2(4,5)1(6)7/h3-6,8-9,12,21H,1-2,7,10-11,13-17H2;(H,6,7). The number of benzene rings is 1. The summed E-state index contributed by atoms with van der Waals surface area (Å²) in [5, 5.41) is 7.12. The second kappa shape index (κ2) is 11.5. The predicted octanol–water partition coefficient (Wildman–Crippen LogP) is 3.42. The number of hydrogen-bond donors (Lipinski definition) is 1. The number of likely N-dealkylation sites (tertiary alicyclic amines) is 1. The number of halogens is 3. The van der Waals surface area contributed by atoms with Crippen LogP contribution in [0.3, 0.4) is 0 Å². The summed E-state index contributed by atoms with van der Waals surface area (Å²) < 4.78 is 49.5. The highest BCUT2D eigenvalue weighted by Gasteiger charge is 2.54. The van der Waals surface area contributed by atoms with Crippen LogP contribution in [0.4, 0.5) is 13.2 Å².